The molecular formula is C15H22N2O2. The van der Waals surface area contributed by atoms with Gasteiger partial charge in [0.1, 0.15) is 0 Å². The molecule has 1 aliphatic carbocycles. The van der Waals surface area contributed by atoms with Gasteiger partial charge in [-0.3, -0.25) is 0 Å². The van der Waals surface area contributed by atoms with Crippen molar-refractivity contribution in [3.63, 3.8) is 0 Å². The maximum atomic E-state index is 11.8. The van der Waals surface area contributed by atoms with Crippen LogP contribution in [0.4, 0.5) is 4.79 Å². The third kappa shape index (κ3) is 3.70. The van der Waals surface area contributed by atoms with Gasteiger partial charge in [0.25, 0.3) is 0 Å². The first kappa shape index (κ1) is 13.9. The maximum Gasteiger partial charge on any atom is 0.315 e. The van der Waals surface area contributed by atoms with Gasteiger partial charge in [0, 0.05) is 20.3 Å². The van der Waals surface area contributed by atoms with E-state index < -0.39 is 0 Å². The van der Waals surface area contributed by atoms with Gasteiger partial charge in [-0.2, -0.15) is 0 Å². The van der Waals surface area contributed by atoms with Crippen molar-refractivity contribution in [2.45, 2.75) is 31.7 Å². The lowest BCUT2D eigenvalue weighted by atomic mass is 10.0. The minimum atomic E-state index is -0.140. The van der Waals surface area contributed by atoms with Gasteiger partial charge in [-0.25, -0.2) is 4.79 Å². The van der Waals surface area contributed by atoms with E-state index in [-0.39, 0.29) is 11.6 Å². The first-order valence-corrected chi connectivity index (χ1v) is 6.78. The van der Waals surface area contributed by atoms with Gasteiger partial charge in [0.2, 0.25) is 0 Å². The zero-order valence-electron chi connectivity index (χ0n) is 11.7. The lowest BCUT2D eigenvalue weighted by Gasteiger charge is -2.18. The summed E-state index contributed by atoms with van der Waals surface area (Å²) in [4.78, 5) is 11.8. The minimum absolute atomic E-state index is 0.0887. The fourth-order valence-electron chi connectivity index (χ4n) is 2.16. The highest BCUT2D eigenvalue weighted by atomic mass is 16.5. The first-order valence-electron chi connectivity index (χ1n) is 6.78. The zero-order valence-corrected chi connectivity index (χ0v) is 11.7. The zero-order chi connectivity index (χ0) is 13.7. The van der Waals surface area contributed by atoms with Gasteiger partial charge in [0.05, 0.1) is 5.54 Å². The highest BCUT2D eigenvalue weighted by molar-refractivity contribution is 5.75. The van der Waals surface area contributed by atoms with Gasteiger partial charge in [0.15, 0.2) is 0 Å². The average Bonchev–Trinajstić information content (AvgIpc) is 3.16. The molecule has 0 heterocycles. The number of benzene rings is 1. The van der Waals surface area contributed by atoms with Crippen LogP contribution in [0.25, 0.3) is 0 Å². The van der Waals surface area contributed by atoms with Crippen LogP contribution in [0, 0.1) is 6.92 Å². The predicted molar refractivity (Wildman–Crippen MR) is 75.1 cm³/mol. The molecular weight excluding hydrogens is 240 g/mol. The molecule has 0 saturated heterocycles. The Hall–Kier alpha value is -1.55. The molecule has 0 aliphatic heterocycles. The van der Waals surface area contributed by atoms with Crippen molar-refractivity contribution < 1.29 is 9.53 Å². The number of nitrogens with one attached hydrogen (secondary N) is 2. The summed E-state index contributed by atoms with van der Waals surface area (Å²) >= 11 is 0. The molecule has 104 valence electrons. The van der Waals surface area contributed by atoms with Crippen molar-refractivity contribution in [1.82, 2.24) is 10.6 Å². The molecule has 1 aromatic rings. The van der Waals surface area contributed by atoms with Crippen molar-refractivity contribution >= 4 is 6.03 Å². The number of rotatable bonds is 6. The normalized spacial score (nSPS) is 15.9. The van der Waals surface area contributed by atoms with Crippen LogP contribution in [-0.2, 0) is 10.3 Å². The van der Waals surface area contributed by atoms with Crippen molar-refractivity contribution in [1.29, 1.82) is 0 Å². The summed E-state index contributed by atoms with van der Waals surface area (Å²) in [5.41, 5.74) is 2.30. The Kier molecular flexibility index (Phi) is 4.43. The molecule has 4 heteroatoms. The fourth-order valence-corrected chi connectivity index (χ4v) is 2.16. The summed E-state index contributed by atoms with van der Waals surface area (Å²) in [6, 6.07) is 8.30. The molecule has 1 saturated carbocycles. The van der Waals surface area contributed by atoms with Crippen LogP contribution in [0.15, 0.2) is 24.3 Å². The number of aryl methyl sites for hydroxylation is 1. The molecule has 0 spiro atoms. The lowest BCUT2D eigenvalue weighted by molar-refractivity contribution is 0.193. The molecule has 2 amide bonds. The van der Waals surface area contributed by atoms with Crippen LogP contribution < -0.4 is 10.6 Å². The molecule has 1 aromatic carbocycles. The van der Waals surface area contributed by atoms with Crippen molar-refractivity contribution in [3.05, 3.63) is 35.4 Å². The highest BCUT2D eigenvalue weighted by Gasteiger charge is 2.45. The van der Waals surface area contributed by atoms with Gasteiger partial charge < -0.3 is 15.4 Å². The molecule has 0 radical (unpaired) electrons. The van der Waals surface area contributed by atoms with Crippen LogP contribution in [0.1, 0.15) is 30.4 Å². The fraction of sp³-hybridized carbons (Fsp3) is 0.533. The molecule has 1 fully saturated rings. The van der Waals surface area contributed by atoms with Gasteiger partial charge in [-0.15, -0.1) is 0 Å². The Morgan fingerprint density at radius 2 is 2.00 bits per heavy atom. The molecule has 0 atom stereocenters. The Balaban J connectivity index is 1.84. The number of methoxy groups -OCH3 is 1. The monoisotopic (exact) mass is 262 g/mol. The molecule has 0 unspecified atom stereocenters. The van der Waals surface area contributed by atoms with Crippen LogP contribution in [0.3, 0.4) is 0 Å². The summed E-state index contributed by atoms with van der Waals surface area (Å²) in [7, 11) is 1.66. The number of carbonyl (C=O) groups excluding carboxylic acids is 1. The topological polar surface area (TPSA) is 50.4 Å². The first-order chi connectivity index (χ1) is 9.16. The van der Waals surface area contributed by atoms with Gasteiger partial charge in [-0.1, -0.05) is 29.8 Å². The Morgan fingerprint density at radius 1 is 1.32 bits per heavy atom. The number of urea groups is 1. The Bertz CT molecular complexity index is 424. The largest absolute Gasteiger partial charge is 0.385 e. The molecule has 2 rings (SSSR count). The second-order valence-electron chi connectivity index (χ2n) is 5.18. The maximum absolute atomic E-state index is 11.8. The number of hydrogen-bond donors (Lipinski definition) is 2. The van der Waals surface area contributed by atoms with Gasteiger partial charge in [-0.05, 0) is 31.7 Å². The van der Waals surface area contributed by atoms with E-state index in [1.54, 1.807) is 7.11 Å². The predicted octanol–water partition coefficient (Wildman–Crippen LogP) is 2.32. The second kappa shape index (κ2) is 6.06. The summed E-state index contributed by atoms with van der Waals surface area (Å²) in [6.07, 6.45) is 2.87. The summed E-state index contributed by atoms with van der Waals surface area (Å²) < 4.78 is 4.95. The highest BCUT2D eigenvalue weighted by Crippen LogP contribution is 2.45. The Labute approximate surface area is 114 Å². The van der Waals surface area contributed by atoms with Crippen molar-refractivity contribution in [3.8, 4) is 0 Å². The molecule has 2 N–H and O–H groups in total. The lowest BCUT2D eigenvalue weighted by Crippen LogP contribution is -2.42. The van der Waals surface area contributed by atoms with Crippen molar-refractivity contribution in [2.75, 3.05) is 20.3 Å². The van der Waals surface area contributed by atoms with E-state index in [1.165, 1.54) is 11.1 Å². The Morgan fingerprint density at radius 3 is 2.58 bits per heavy atom. The minimum Gasteiger partial charge on any atom is -0.385 e. The molecule has 4 nitrogen and oxygen atoms in total. The summed E-state index contributed by atoms with van der Waals surface area (Å²) in [5, 5.41) is 5.95. The van der Waals surface area contributed by atoms with E-state index in [2.05, 4.69) is 41.8 Å². The van der Waals surface area contributed by atoms with E-state index in [4.69, 9.17) is 4.74 Å². The van der Waals surface area contributed by atoms with Crippen LogP contribution in [0.2, 0.25) is 0 Å². The quantitative estimate of drug-likeness (QED) is 0.773. The van der Waals surface area contributed by atoms with Crippen molar-refractivity contribution in [2.24, 2.45) is 0 Å². The van der Waals surface area contributed by atoms with E-state index in [9.17, 15) is 4.79 Å². The summed E-state index contributed by atoms with van der Waals surface area (Å²) in [5.74, 6) is 0. The van der Waals surface area contributed by atoms with Crippen LogP contribution in [-0.4, -0.2) is 26.3 Å². The molecule has 0 bridgehead atoms. The SMILES string of the molecule is COCCCNC(=O)NC1(c2ccc(C)cc2)CC1. The summed E-state index contributed by atoms with van der Waals surface area (Å²) in [6.45, 7) is 3.38. The third-order valence-corrected chi connectivity index (χ3v) is 3.52. The average molecular weight is 262 g/mol. The molecule has 0 aromatic heterocycles. The third-order valence-electron chi connectivity index (χ3n) is 3.52. The van der Waals surface area contributed by atoms with E-state index in [0.29, 0.717) is 13.2 Å². The number of carbonyl (C=O) groups is 1. The molecule has 1 aliphatic rings. The van der Waals surface area contributed by atoms with E-state index in [1.807, 2.05) is 0 Å². The van der Waals surface area contributed by atoms with E-state index >= 15 is 0 Å². The number of hydrogen-bond acceptors (Lipinski definition) is 2. The second-order valence-corrected chi connectivity index (χ2v) is 5.18. The number of ether oxygens (including phenoxy) is 1. The van der Waals surface area contributed by atoms with Gasteiger partial charge >= 0.3 is 6.03 Å². The molecule has 19 heavy (non-hydrogen) atoms. The van der Waals surface area contributed by atoms with Crippen LogP contribution >= 0.6 is 0 Å². The standard InChI is InChI=1S/C15H22N2O2/c1-12-4-6-13(7-5-12)15(8-9-15)17-14(18)16-10-3-11-19-2/h4-7H,3,8-11H2,1-2H3,(H2,16,17,18). The van der Waals surface area contributed by atoms with E-state index in [0.717, 1.165) is 19.3 Å². The smallest absolute Gasteiger partial charge is 0.315 e. The van der Waals surface area contributed by atoms with Crippen LogP contribution in [0.5, 0.6) is 0 Å². The number of amides is 2.